The van der Waals surface area contributed by atoms with E-state index in [4.69, 9.17) is 9.47 Å². The summed E-state index contributed by atoms with van der Waals surface area (Å²) in [4.78, 5) is 27.3. The molecule has 1 aliphatic heterocycles. The third-order valence-electron chi connectivity index (χ3n) is 7.68. The topological polar surface area (TPSA) is 109 Å². The molecule has 1 aliphatic carbocycles. The van der Waals surface area contributed by atoms with Crippen molar-refractivity contribution in [2.24, 2.45) is 0 Å². The van der Waals surface area contributed by atoms with Crippen molar-refractivity contribution in [1.29, 1.82) is 0 Å². The Balaban J connectivity index is 1.23. The van der Waals surface area contributed by atoms with Gasteiger partial charge in [0.15, 0.2) is 0 Å². The lowest BCUT2D eigenvalue weighted by Crippen LogP contribution is -2.40. The number of hydrogen-bond acceptors (Lipinski definition) is 6. The van der Waals surface area contributed by atoms with Gasteiger partial charge in [-0.25, -0.2) is 13.7 Å². The molecule has 0 radical (unpaired) electrons. The van der Waals surface area contributed by atoms with Crippen molar-refractivity contribution in [3.05, 3.63) is 84.2 Å². The third kappa shape index (κ3) is 14.4. The van der Waals surface area contributed by atoms with E-state index in [1.807, 2.05) is 49.4 Å². The number of carbonyl (C=O) groups excluding carboxylic acids is 2. The van der Waals surface area contributed by atoms with Crippen molar-refractivity contribution >= 4 is 34.2 Å². The van der Waals surface area contributed by atoms with E-state index in [9.17, 15) is 13.8 Å². The number of rotatable bonds is 17. The van der Waals surface area contributed by atoms with Gasteiger partial charge in [0.25, 0.3) is 0 Å². The summed E-state index contributed by atoms with van der Waals surface area (Å²) in [6, 6.07) is 7.85. The van der Waals surface area contributed by atoms with Gasteiger partial charge in [-0.05, 0) is 69.2 Å². The number of benzene rings is 1. The zero-order valence-electron chi connectivity index (χ0n) is 26.8. The van der Waals surface area contributed by atoms with Gasteiger partial charge in [-0.2, -0.15) is 0 Å². The predicted molar refractivity (Wildman–Crippen MR) is 184 cm³/mol. The summed E-state index contributed by atoms with van der Waals surface area (Å²) in [5.74, 6) is 1.24. The summed E-state index contributed by atoms with van der Waals surface area (Å²) in [5, 5.41) is 5.96. The molecule has 10 heteroatoms. The Morgan fingerprint density at radius 3 is 2.64 bits per heavy atom. The smallest absolute Gasteiger partial charge is 0.411 e. The molecule has 0 aromatic heterocycles. The Bertz CT molecular complexity index is 1250. The van der Waals surface area contributed by atoms with Gasteiger partial charge in [-0.1, -0.05) is 61.1 Å². The first-order valence-corrected chi connectivity index (χ1v) is 17.4. The van der Waals surface area contributed by atoms with E-state index >= 15 is 0 Å². The Morgan fingerprint density at radius 1 is 1.07 bits per heavy atom. The average Bonchev–Trinajstić information content (AvgIpc) is 3.02. The lowest BCUT2D eigenvalue weighted by Gasteiger charge is -2.31. The van der Waals surface area contributed by atoms with Crippen LogP contribution < -0.4 is 15.4 Å². The standard InChI is InChI=1S/C35H50N4O5S/c1-3-30(43-2)17-14-28-45(42)37-24-13-7-12-23-36-34(40)22-27-39-25-20-31(21-26-39)44-35(41)38-33-19-11-10-18-32(33)29-15-8-5-4-6-9-16-29/h3-6,8,10-11,14,16-19,31,37H,7,9,12-13,15,20-28H2,1-2H3,(H,36,40)(H,38,41)/b6-4?,8-5-,17-14-,29-16+,30-3+. The van der Waals surface area contributed by atoms with E-state index in [1.54, 1.807) is 7.11 Å². The second kappa shape index (κ2) is 21.3. The zero-order valence-corrected chi connectivity index (χ0v) is 27.6. The maximum atomic E-state index is 12.8. The Kier molecular flexibility index (Phi) is 17.0. The Hall–Kier alpha value is -3.47. The molecule has 3 N–H and O–H groups in total. The highest BCUT2D eigenvalue weighted by Crippen LogP contribution is 2.28. The normalized spacial score (nSPS) is 18.8. The molecule has 2 aliphatic rings. The van der Waals surface area contributed by atoms with E-state index in [0.717, 1.165) is 75.0 Å². The van der Waals surface area contributed by atoms with Crippen LogP contribution in [0.25, 0.3) is 5.57 Å². The number of para-hydroxylation sites is 1. The van der Waals surface area contributed by atoms with Crippen molar-refractivity contribution in [2.45, 2.75) is 64.4 Å². The van der Waals surface area contributed by atoms with Gasteiger partial charge in [0.2, 0.25) is 5.91 Å². The number of nitrogens with zero attached hydrogens (tertiary/aromatic N) is 1. The summed E-state index contributed by atoms with van der Waals surface area (Å²) >= 11 is 0. The number of amides is 2. The molecule has 1 atom stereocenters. The summed E-state index contributed by atoms with van der Waals surface area (Å²) in [6.45, 7) is 5.50. The van der Waals surface area contributed by atoms with Crippen LogP contribution in [-0.2, 0) is 25.3 Å². The molecule has 1 heterocycles. The molecular formula is C35H50N4O5S. The summed E-state index contributed by atoms with van der Waals surface area (Å²) < 4.78 is 25.9. The minimum Gasteiger partial charge on any atom is -0.497 e. The van der Waals surface area contributed by atoms with Gasteiger partial charge in [0.05, 0.1) is 29.5 Å². The average molecular weight is 639 g/mol. The highest BCUT2D eigenvalue weighted by molar-refractivity contribution is 7.83. The molecule has 1 aromatic rings. The molecule has 1 unspecified atom stereocenters. The van der Waals surface area contributed by atoms with Crippen LogP contribution in [0.2, 0.25) is 0 Å². The molecule has 1 fully saturated rings. The molecule has 0 spiro atoms. The minimum atomic E-state index is -1.10. The summed E-state index contributed by atoms with van der Waals surface area (Å²) in [7, 11) is 0.504. The molecular weight excluding hydrogens is 588 g/mol. The fraction of sp³-hybridized carbons (Fsp3) is 0.486. The van der Waals surface area contributed by atoms with Gasteiger partial charge >= 0.3 is 6.09 Å². The number of unbranched alkanes of at least 4 members (excludes halogenated alkanes) is 2. The molecule has 3 rings (SSSR count). The lowest BCUT2D eigenvalue weighted by molar-refractivity contribution is -0.121. The highest BCUT2D eigenvalue weighted by Gasteiger charge is 2.23. The molecule has 0 bridgehead atoms. The quantitative estimate of drug-likeness (QED) is 0.109. The number of piperidine rings is 1. The zero-order chi connectivity index (χ0) is 32.1. The molecule has 1 aromatic carbocycles. The summed E-state index contributed by atoms with van der Waals surface area (Å²) in [6.07, 6.45) is 21.8. The van der Waals surface area contributed by atoms with Gasteiger partial charge < -0.3 is 19.7 Å². The van der Waals surface area contributed by atoms with Crippen LogP contribution in [0.1, 0.15) is 63.9 Å². The molecule has 2 amide bonds. The maximum Gasteiger partial charge on any atom is 0.411 e. The molecule has 1 saturated heterocycles. The van der Waals surface area contributed by atoms with Crippen LogP contribution >= 0.6 is 0 Å². The van der Waals surface area contributed by atoms with Crippen LogP contribution in [0, 0.1) is 0 Å². The number of methoxy groups -OCH3 is 1. The number of carbonyl (C=O) groups is 2. The third-order valence-corrected chi connectivity index (χ3v) is 8.70. The number of ether oxygens (including phenoxy) is 2. The van der Waals surface area contributed by atoms with Gasteiger partial charge in [0.1, 0.15) is 11.9 Å². The van der Waals surface area contributed by atoms with Crippen LogP contribution in [0.15, 0.2) is 78.6 Å². The fourth-order valence-corrected chi connectivity index (χ4v) is 5.90. The van der Waals surface area contributed by atoms with Gasteiger partial charge in [0, 0.05) is 44.7 Å². The minimum absolute atomic E-state index is 0.0555. The molecule has 0 saturated carbocycles. The maximum absolute atomic E-state index is 12.8. The monoisotopic (exact) mass is 638 g/mol. The van der Waals surface area contributed by atoms with Crippen molar-refractivity contribution < 1.29 is 23.3 Å². The Labute approximate surface area is 271 Å². The molecule has 9 nitrogen and oxygen atoms in total. The van der Waals surface area contributed by atoms with Crippen molar-refractivity contribution in [2.75, 3.05) is 50.9 Å². The van der Waals surface area contributed by atoms with Crippen LogP contribution in [-0.4, -0.2) is 72.8 Å². The van der Waals surface area contributed by atoms with E-state index in [-0.39, 0.29) is 12.0 Å². The lowest BCUT2D eigenvalue weighted by atomic mass is 9.98. The highest BCUT2D eigenvalue weighted by atomic mass is 32.2. The van der Waals surface area contributed by atoms with Crippen molar-refractivity contribution in [3.63, 3.8) is 0 Å². The van der Waals surface area contributed by atoms with Crippen molar-refractivity contribution in [3.8, 4) is 0 Å². The summed E-state index contributed by atoms with van der Waals surface area (Å²) in [5.41, 5.74) is 2.95. The number of likely N-dealkylation sites (tertiary alicyclic amines) is 1. The second-order valence-corrected chi connectivity index (χ2v) is 12.3. The van der Waals surface area contributed by atoms with Crippen LogP contribution in [0.3, 0.4) is 0 Å². The van der Waals surface area contributed by atoms with E-state index in [1.165, 1.54) is 5.57 Å². The SMILES string of the molecule is C/C=C(\C=C/CS(=O)NCCCCCNC(=O)CCN1CCC(OC(=O)Nc2ccccc2/C2=C/CC=C/C=C\C2)CC1)OC. The van der Waals surface area contributed by atoms with E-state index in [2.05, 4.69) is 50.6 Å². The number of hydrogen-bond donors (Lipinski definition) is 3. The van der Waals surface area contributed by atoms with Gasteiger partial charge in [-0.15, -0.1) is 0 Å². The van der Waals surface area contributed by atoms with Gasteiger partial charge in [-0.3, -0.25) is 10.1 Å². The van der Waals surface area contributed by atoms with Crippen LogP contribution in [0.5, 0.6) is 0 Å². The molecule has 45 heavy (non-hydrogen) atoms. The number of allylic oxidation sites excluding steroid dienone is 8. The number of nitrogens with one attached hydrogen (secondary N) is 3. The van der Waals surface area contributed by atoms with Crippen molar-refractivity contribution in [1.82, 2.24) is 14.9 Å². The first-order valence-electron chi connectivity index (χ1n) is 16.0. The number of anilines is 1. The first-order chi connectivity index (χ1) is 22.0. The predicted octanol–water partition coefficient (Wildman–Crippen LogP) is 6.03. The Morgan fingerprint density at radius 2 is 1.84 bits per heavy atom. The first kappa shape index (κ1) is 36.0. The second-order valence-electron chi connectivity index (χ2n) is 11.0. The molecule has 246 valence electrons. The van der Waals surface area contributed by atoms with E-state index < -0.39 is 17.1 Å². The van der Waals surface area contributed by atoms with E-state index in [0.29, 0.717) is 31.8 Å². The largest absolute Gasteiger partial charge is 0.497 e. The fourth-order valence-electron chi connectivity index (χ4n) is 5.14. The van der Waals surface area contributed by atoms with Crippen LogP contribution in [0.4, 0.5) is 10.5 Å².